The predicted octanol–water partition coefficient (Wildman–Crippen LogP) is 2.12. The van der Waals surface area contributed by atoms with Crippen LogP contribution in [-0.2, 0) is 14.3 Å². The third kappa shape index (κ3) is 4.75. The van der Waals surface area contributed by atoms with Gasteiger partial charge in [-0.25, -0.2) is 4.79 Å². The van der Waals surface area contributed by atoms with Crippen LogP contribution in [0.2, 0.25) is 0 Å². The molecular formula is C12H14BrNO4. The first-order chi connectivity index (χ1) is 8.52. The Morgan fingerprint density at radius 2 is 2.28 bits per heavy atom. The van der Waals surface area contributed by atoms with Crippen molar-refractivity contribution in [2.75, 3.05) is 6.61 Å². The Kier molecular flexibility index (Phi) is 5.64. The fourth-order valence-electron chi connectivity index (χ4n) is 1.16. The monoisotopic (exact) mass is 315 g/mol. The zero-order chi connectivity index (χ0) is 13.5. The number of nitrogens with one attached hydrogen (secondary N) is 1. The van der Waals surface area contributed by atoms with Crippen molar-refractivity contribution < 1.29 is 18.7 Å². The van der Waals surface area contributed by atoms with Crippen molar-refractivity contribution >= 4 is 33.9 Å². The molecule has 1 aromatic heterocycles. The minimum absolute atomic E-state index is 0.287. The van der Waals surface area contributed by atoms with E-state index in [2.05, 4.69) is 21.2 Å². The lowest BCUT2D eigenvalue weighted by atomic mass is 10.3. The summed E-state index contributed by atoms with van der Waals surface area (Å²) >= 11 is 3.15. The molecule has 1 aromatic rings. The number of carbonyl (C=O) groups is 2. The molecule has 1 rings (SSSR count). The minimum Gasteiger partial charge on any atom is -0.464 e. The summed E-state index contributed by atoms with van der Waals surface area (Å²) in [4.78, 5) is 22.8. The molecule has 0 radical (unpaired) electrons. The van der Waals surface area contributed by atoms with Gasteiger partial charge >= 0.3 is 5.97 Å². The van der Waals surface area contributed by atoms with E-state index in [-0.39, 0.29) is 12.5 Å². The molecule has 0 aromatic carbocycles. The molecule has 1 N–H and O–H groups in total. The second kappa shape index (κ2) is 7.00. The molecule has 0 aliphatic heterocycles. The SMILES string of the molecule is CCOC(=O)C(C)NC(=O)C=Cc1ccc(Br)o1. The summed E-state index contributed by atoms with van der Waals surface area (Å²) < 4.78 is 10.5. The van der Waals surface area contributed by atoms with Crippen molar-refractivity contribution in [3.8, 4) is 0 Å². The van der Waals surface area contributed by atoms with E-state index in [4.69, 9.17) is 9.15 Å². The summed E-state index contributed by atoms with van der Waals surface area (Å²) in [5.41, 5.74) is 0. The predicted molar refractivity (Wildman–Crippen MR) is 69.7 cm³/mol. The Morgan fingerprint density at radius 1 is 1.56 bits per heavy atom. The second-order valence-electron chi connectivity index (χ2n) is 3.46. The van der Waals surface area contributed by atoms with Crippen LogP contribution < -0.4 is 5.32 Å². The Labute approximate surface area is 113 Å². The summed E-state index contributed by atoms with van der Waals surface area (Å²) in [6, 6.07) is 2.76. The topological polar surface area (TPSA) is 68.5 Å². The molecule has 18 heavy (non-hydrogen) atoms. The number of ether oxygens (including phenoxy) is 1. The van der Waals surface area contributed by atoms with Crippen molar-refractivity contribution in [3.05, 3.63) is 28.6 Å². The van der Waals surface area contributed by atoms with Gasteiger partial charge in [0.1, 0.15) is 11.8 Å². The molecule has 98 valence electrons. The van der Waals surface area contributed by atoms with Gasteiger partial charge in [-0.05, 0) is 48.0 Å². The maximum atomic E-state index is 11.5. The molecule has 5 nitrogen and oxygen atoms in total. The molecule has 0 spiro atoms. The Balaban J connectivity index is 2.46. The molecule has 0 fully saturated rings. The molecule has 0 aliphatic carbocycles. The average Bonchev–Trinajstić information content (AvgIpc) is 2.73. The van der Waals surface area contributed by atoms with Gasteiger partial charge < -0.3 is 14.5 Å². The van der Waals surface area contributed by atoms with Crippen molar-refractivity contribution in [1.29, 1.82) is 0 Å². The van der Waals surface area contributed by atoms with Crippen LogP contribution in [0.25, 0.3) is 6.08 Å². The number of rotatable bonds is 5. The van der Waals surface area contributed by atoms with Crippen LogP contribution in [-0.4, -0.2) is 24.5 Å². The normalized spacial score (nSPS) is 12.4. The van der Waals surface area contributed by atoms with E-state index in [0.717, 1.165) is 0 Å². The van der Waals surface area contributed by atoms with Crippen molar-refractivity contribution in [2.45, 2.75) is 19.9 Å². The third-order valence-corrected chi connectivity index (χ3v) is 2.42. The van der Waals surface area contributed by atoms with Gasteiger partial charge in [-0.1, -0.05) is 0 Å². The molecule has 1 heterocycles. The van der Waals surface area contributed by atoms with Crippen LogP contribution in [0.4, 0.5) is 0 Å². The van der Waals surface area contributed by atoms with Gasteiger partial charge in [0, 0.05) is 6.08 Å². The van der Waals surface area contributed by atoms with Crippen LogP contribution in [0.15, 0.2) is 27.3 Å². The summed E-state index contributed by atoms with van der Waals surface area (Å²) in [6.45, 7) is 3.56. The standard InChI is InChI=1S/C12H14BrNO4/c1-3-17-12(16)8(2)14-11(15)7-5-9-4-6-10(13)18-9/h4-8H,3H2,1-2H3,(H,14,15). The van der Waals surface area contributed by atoms with Crippen LogP contribution in [0.1, 0.15) is 19.6 Å². The smallest absolute Gasteiger partial charge is 0.328 e. The first kappa shape index (κ1) is 14.5. The van der Waals surface area contributed by atoms with Crippen molar-refractivity contribution in [3.63, 3.8) is 0 Å². The number of carbonyl (C=O) groups excluding carboxylic acids is 2. The Bertz CT molecular complexity index is 453. The first-order valence-corrected chi connectivity index (χ1v) is 6.22. The quantitative estimate of drug-likeness (QED) is 0.667. The largest absolute Gasteiger partial charge is 0.464 e. The molecule has 6 heteroatoms. The molecule has 1 amide bonds. The van der Waals surface area contributed by atoms with Gasteiger partial charge in [0.05, 0.1) is 6.61 Å². The number of halogens is 1. The molecule has 0 aliphatic rings. The van der Waals surface area contributed by atoms with Gasteiger partial charge in [-0.3, -0.25) is 4.79 Å². The minimum atomic E-state index is -0.676. The number of esters is 1. The second-order valence-corrected chi connectivity index (χ2v) is 4.24. The van der Waals surface area contributed by atoms with Crippen molar-refractivity contribution in [2.24, 2.45) is 0 Å². The fourth-order valence-corrected chi connectivity index (χ4v) is 1.48. The average molecular weight is 316 g/mol. The van der Waals surface area contributed by atoms with Crippen LogP contribution in [0.5, 0.6) is 0 Å². The van der Waals surface area contributed by atoms with Crippen LogP contribution in [0, 0.1) is 0 Å². The summed E-state index contributed by atoms with van der Waals surface area (Å²) in [6.07, 6.45) is 2.80. The molecule has 1 unspecified atom stereocenters. The zero-order valence-electron chi connectivity index (χ0n) is 10.1. The van der Waals surface area contributed by atoms with E-state index < -0.39 is 12.0 Å². The van der Waals surface area contributed by atoms with E-state index in [1.54, 1.807) is 26.0 Å². The van der Waals surface area contributed by atoms with Gasteiger partial charge in [-0.2, -0.15) is 0 Å². The third-order valence-electron chi connectivity index (χ3n) is 1.99. The summed E-state index contributed by atoms with van der Waals surface area (Å²) in [5, 5.41) is 2.49. The van der Waals surface area contributed by atoms with Gasteiger partial charge in [0.25, 0.3) is 0 Å². The molecule has 0 bridgehead atoms. The lowest BCUT2D eigenvalue weighted by Crippen LogP contribution is -2.38. The van der Waals surface area contributed by atoms with Crippen LogP contribution >= 0.6 is 15.9 Å². The van der Waals surface area contributed by atoms with Gasteiger partial charge in [0.2, 0.25) is 5.91 Å². The summed E-state index contributed by atoms with van der Waals surface area (Å²) in [5.74, 6) is -0.302. The van der Waals surface area contributed by atoms with E-state index in [1.807, 2.05) is 0 Å². The summed E-state index contributed by atoms with van der Waals surface area (Å²) in [7, 11) is 0. The molecule has 0 saturated carbocycles. The first-order valence-electron chi connectivity index (χ1n) is 5.43. The Hall–Kier alpha value is -1.56. The lowest BCUT2D eigenvalue weighted by Gasteiger charge is -2.10. The maximum Gasteiger partial charge on any atom is 0.328 e. The highest BCUT2D eigenvalue weighted by atomic mass is 79.9. The number of amides is 1. The molecular weight excluding hydrogens is 302 g/mol. The number of hydrogen-bond acceptors (Lipinski definition) is 4. The number of furan rings is 1. The van der Waals surface area contributed by atoms with Gasteiger partial charge in [-0.15, -0.1) is 0 Å². The van der Waals surface area contributed by atoms with E-state index in [0.29, 0.717) is 10.4 Å². The van der Waals surface area contributed by atoms with E-state index >= 15 is 0 Å². The highest BCUT2D eigenvalue weighted by Gasteiger charge is 2.14. The van der Waals surface area contributed by atoms with Crippen LogP contribution in [0.3, 0.4) is 0 Å². The lowest BCUT2D eigenvalue weighted by molar-refractivity contribution is -0.146. The Morgan fingerprint density at radius 3 is 2.83 bits per heavy atom. The fraction of sp³-hybridized carbons (Fsp3) is 0.333. The molecule has 0 saturated heterocycles. The van der Waals surface area contributed by atoms with E-state index in [9.17, 15) is 9.59 Å². The maximum absolute atomic E-state index is 11.5. The van der Waals surface area contributed by atoms with Gasteiger partial charge in [0.15, 0.2) is 4.67 Å². The molecule has 1 atom stereocenters. The highest BCUT2D eigenvalue weighted by Crippen LogP contribution is 2.14. The van der Waals surface area contributed by atoms with E-state index in [1.165, 1.54) is 12.2 Å². The number of hydrogen-bond donors (Lipinski definition) is 1. The highest BCUT2D eigenvalue weighted by molar-refractivity contribution is 9.10. The van der Waals surface area contributed by atoms with Crippen molar-refractivity contribution in [1.82, 2.24) is 5.32 Å². The zero-order valence-corrected chi connectivity index (χ0v) is 11.7.